The Morgan fingerprint density at radius 1 is 1.32 bits per heavy atom. The third kappa shape index (κ3) is 2.23. The van der Waals surface area contributed by atoms with Crippen LogP contribution in [0.2, 0.25) is 0 Å². The number of nitrogens with two attached hydrogens (primary N) is 1. The minimum absolute atomic E-state index is 0.409. The predicted octanol–water partition coefficient (Wildman–Crippen LogP) is 2.83. The number of nitriles is 1. The van der Waals surface area contributed by atoms with Gasteiger partial charge in [0.2, 0.25) is 0 Å². The van der Waals surface area contributed by atoms with Gasteiger partial charge in [0.1, 0.15) is 16.6 Å². The van der Waals surface area contributed by atoms with Crippen LogP contribution in [0.1, 0.15) is 5.56 Å². The van der Waals surface area contributed by atoms with Gasteiger partial charge < -0.3 is 10.2 Å². The predicted molar refractivity (Wildman–Crippen MR) is 71.5 cm³/mol. The van der Waals surface area contributed by atoms with Crippen LogP contribution in [0.3, 0.4) is 0 Å². The molecule has 0 aliphatic rings. The Kier molecular flexibility index (Phi) is 2.82. The number of para-hydroxylation sites is 2. The van der Waals surface area contributed by atoms with Crippen LogP contribution in [-0.4, -0.2) is 9.97 Å². The second-order valence-electron chi connectivity index (χ2n) is 3.78. The Labute approximate surface area is 113 Å². The van der Waals surface area contributed by atoms with Gasteiger partial charge in [-0.05, 0) is 30.0 Å². The van der Waals surface area contributed by atoms with Crippen LogP contribution in [0.15, 0.2) is 51.2 Å². The normalized spacial score (nSPS) is 10.5. The molecule has 3 rings (SSSR count). The molecule has 0 aliphatic heterocycles. The lowest BCUT2D eigenvalue weighted by atomic mass is 10.3. The molecule has 2 aromatic heterocycles. The maximum atomic E-state index is 9.05. The van der Waals surface area contributed by atoms with E-state index >= 15 is 0 Å². The van der Waals surface area contributed by atoms with E-state index in [2.05, 4.69) is 16.0 Å². The van der Waals surface area contributed by atoms with E-state index in [4.69, 9.17) is 15.4 Å². The van der Waals surface area contributed by atoms with Gasteiger partial charge in [-0.3, -0.25) is 0 Å². The first-order valence-electron chi connectivity index (χ1n) is 5.45. The molecule has 0 radical (unpaired) electrons. The molecule has 6 heteroatoms. The number of anilines is 1. The van der Waals surface area contributed by atoms with Crippen molar-refractivity contribution in [3.05, 3.63) is 42.1 Å². The standard InChI is InChI=1S/C13H8N4OS/c14-6-8-5-9(15)7-16-12(8)19-13-17-10-3-1-2-4-11(10)18-13/h1-5,7H,15H2. The Morgan fingerprint density at radius 3 is 2.95 bits per heavy atom. The molecule has 0 aliphatic carbocycles. The molecule has 1 aromatic carbocycles. The zero-order valence-corrected chi connectivity index (χ0v) is 10.5. The number of aromatic nitrogens is 2. The third-order valence-electron chi connectivity index (χ3n) is 2.45. The summed E-state index contributed by atoms with van der Waals surface area (Å²) in [6.45, 7) is 0. The van der Waals surface area contributed by atoms with Gasteiger partial charge in [-0.2, -0.15) is 5.26 Å². The van der Waals surface area contributed by atoms with Crippen molar-refractivity contribution in [1.29, 1.82) is 5.26 Å². The molecule has 0 fully saturated rings. The molecule has 2 N–H and O–H groups in total. The van der Waals surface area contributed by atoms with Crippen LogP contribution >= 0.6 is 11.8 Å². The van der Waals surface area contributed by atoms with Crippen molar-refractivity contribution >= 4 is 28.5 Å². The lowest BCUT2D eigenvalue weighted by Gasteiger charge is -1.99. The van der Waals surface area contributed by atoms with Crippen LogP contribution in [0.5, 0.6) is 0 Å². The molecule has 19 heavy (non-hydrogen) atoms. The Balaban J connectivity index is 1.99. The van der Waals surface area contributed by atoms with E-state index in [-0.39, 0.29) is 0 Å². The summed E-state index contributed by atoms with van der Waals surface area (Å²) < 4.78 is 5.57. The van der Waals surface area contributed by atoms with E-state index in [0.29, 0.717) is 27.1 Å². The van der Waals surface area contributed by atoms with Crippen molar-refractivity contribution in [2.24, 2.45) is 0 Å². The lowest BCUT2D eigenvalue weighted by molar-refractivity contribution is 0.489. The maximum absolute atomic E-state index is 9.05. The van der Waals surface area contributed by atoms with E-state index in [1.807, 2.05) is 24.3 Å². The van der Waals surface area contributed by atoms with Crippen molar-refractivity contribution in [2.75, 3.05) is 5.73 Å². The van der Waals surface area contributed by atoms with E-state index < -0.39 is 0 Å². The van der Waals surface area contributed by atoms with Crippen molar-refractivity contribution in [1.82, 2.24) is 9.97 Å². The Bertz CT molecular complexity index is 758. The van der Waals surface area contributed by atoms with Crippen LogP contribution in [-0.2, 0) is 0 Å². The first kappa shape index (κ1) is 11.6. The van der Waals surface area contributed by atoms with Gasteiger partial charge in [-0.15, -0.1) is 0 Å². The van der Waals surface area contributed by atoms with E-state index in [1.165, 1.54) is 18.0 Å². The molecular formula is C13H8N4OS. The molecule has 0 spiro atoms. The number of fused-ring (bicyclic) bond motifs is 1. The molecule has 2 heterocycles. The Hall–Kier alpha value is -2.52. The number of benzene rings is 1. The quantitative estimate of drug-likeness (QED) is 0.768. The number of nitrogen functional groups attached to an aromatic ring is 1. The number of nitrogens with zero attached hydrogens (tertiary/aromatic N) is 3. The van der Waals surface area contributed by atoms with Crippen LogP contribution in [0.25, 0.3) is 11.1 Å². The lowest BCUT2D eigenvalue weighted by Crippen LogP contribution is -1.91. The van der Waals surface area contributed by atoms with E-state index in [9.17, 15) is 0 Å². The van der Waals surface area contributed by atoms with Gasteiger partial charge in [0, 0.05) is 0 Å². The monoisotopic (exact) mass is 268 g/mol. The summed E-state index contributed by atoms with van der Waals surface area (Å²) in [5.74, 6) is 0. The summed E-state index contributed by atoms with van der Waals surface area (Å²) in [4.78, 5) is 8.45. The number of oxazole rings is 1. The van der Waals surface area contributed by atoms with Crippen molar-refractivity contribution in [3.8, 4) is 6.07 Å². The summed E-state index contributed by atoms with van der Waals surface area (Å²) in [6, 6.07) is 11.1. The highest BCUT2D eigenvalue weighted by Gasteiger charge is 2.11. The largest absolute Gasteiger partial charge is 0.431 e. The van der Waals surface area contributed by atoms with Crippen molar-refractivity contribution in [3.63, 3.8) is 0 Å². The summed E-state index contributed by atoms with van der Waals surface area (Å²) in [7, 11) is 0. The number of hydrogen-bond donors (Lipinski definition) is 1. The number of pyridine rings is 1. The molecule has 0 bridgehead atoms. The molecule has 92 valence electrons. The molecule has 5 nitrogen and oxygen atoms in total. The highest BCUT2D eigenvalue weighted by Crippen LogP contribution is 2.30. The SMILES string of the molecule is N#Cc1cc(N)cnc1Sc1nc2ccccc2o1. The van der Waals surface area contributed by atoms with Gasteiger partial charge in [0.15, 0.2) is 5.58 Å². The third-order valence-corrected chi connectivity index (χ3v) is 3.32. The summed E-state index contributed by atoms with van der Waals surface area (Å²) >= 11 is 1.21. The number of hydrogen-bond acceptors (Lipinski definition) is 6. The van der Waals surface area contributed by atoms with Crippen LogP contribution in [0, 0.1) is 11.3 Å². The van der Waals surface area contributed by atoms with Gasteiger partial charge in [-0.25, -0.2) is 9.97 Å². The minimum Gasteiger partial charge on any atom is -0.431 e. The molecular weight excluding hydrogens is 260 g/mol. The highest BCUT2D eigenvalue weighted by molar-refractivity contribution is 7.99. The van der Waals surface area contributed by atoms with Gasteiger partial charge in [0.05, 0.1) is 17.4 Å². The van der Waals surface area contributed by atoms with Crippen molar-refractivity contribution in [2.45, 2.75) is 10.2 Å². The Morgan fingerprint density at radius 2 is 2.16 bits per heavy atom. The molecule has 3 aromatic rings. The summed E-state index contributed by atoms with van der Waals surface area (Å²) in [5, 5.41) is 10.0. The average molecular weight is 268 g/mol. The first-order valence-corrected chi connectivity index (χ1v) is 6.27. The topological polar surface area (TPSA) is 88.7 Å². The molecule has 0 atom stereocenters. The fourth-order valence-electron chi connectivity index (χ4n) is 1.61. The fraction of sp³-hybridized carbons (Fsp3) is 0. The summed E-state index contributed by atoms with van der Waals surface area (Å²) in [6.07, 6.45) is 1.51. The van der Waals surface area contributed by atoms with Gasteiger partial charge >= 0.3 is 0 Å². The number of rotatable bonds is 2. The first-order chi connectivity index (χ1) is 9.26. The van der Waals surface area contributed by atoms with E-state index in [0.717, 1.165) is 5.52 Å². The second kappa shape index (κ2) is 4.63. The molecule has 0 saturated carbocycles. The average Bonchev–Trinajstić information content (AvgIpc) is 2.83. The van der Waals surface area contributed by atoms with Crippen LogP contribution < -0.4 is 5.73 Å². The second-order valence-corrected chi connectivity index (χ2v) is 4.72. The smallest absolute Gasteiger partial charge is 0.263 e. The molecule has 0 unspecified atom stereocenters. The minimum atomic E-state index is 0.409. The van der Waals surface area contributed by atoms with Crippen molar-refractivity contribution < 1.29 is 4.42 Å². The van der Waals surface area contributed by atoms with E-state index in [1.54, 1.807) is 6.07 Å². The highest BCUT2D eigenvalue weighted by atomic mass is 32.2. The zero-order valence-electron chi connectivity index (χ0n) is 9.70. The molecule has 0 saturated heterocycles. The maximum Gasteiger partial charge on any atom is 0.263 e. The zero-order chi connectivity index (χ0) is 13.2. The summed E-state index contributed by atoms with van der Waals surface area (Å²) in [5.41, 5.74) is 7.95. The fourth-order valence-corrected chi connectivity index (χ4v) is 2.37. The molecule has 0 amide bonds. The van der Waals surface area contributed by atoms with Gasteiger partial charge in [0.25, 0.3) is 5.22 Å². The van der Waals surface area contributed by atoms with Crippen LogP contribution in [0.4, 0.5) is 5.69 Å². The van der Waals surface area contributed by atoms with Gasteiger partial charge in [-0.1, -0.05) is 12.1 Å².